The smallest absolute Gasteiger partial charge is 0.295 e. The number of aliphatic hydroxyl groups is 1. The molecule has 1 amide bonds. The lowest BCUT2D eigenvalue weighted by molar-refractivity contribution is -0.139. The van der Waals surface area contributed by atoms with E-state index in [0.717, 1.165) is 11.1 Å². The molecule has 4 aromatic rings. The fourth-order valence-corrected chi connectivity index (χ4v) is 4.67. The molecule has 7 heteroatoms. The second kappa shape index (κ2) is 8.83. The van der Waals surface area contributed by atoms with E-state index in [1.165, 1.54) is 29.2 Å². The van der Waals surface area contributed by atoms with Crippen LogP contribution in [0.15, 0.2) is 78.5 Å². The molecule has 2 aromatic carbocycles. The first kappa shape index (κ1) is 22.5. The van der Waals surface area contributed by atoms with Gasteiger partial charge in [-0.15, -0.1) is 0 Å². The number of pyridine rings is 1. The van der Waals surface area contributed by atoms with Crippen LogP contribution in [-0.2, 0) is 16.0 Å². The summed E-state index contributed by atoms with van der Waals surface area (Å²) >= 11 is 0. The minimum Gasteiger partial charge on any atom is -0.505 e. The van der Waals surface area contributed by atoms with Crippen LogP contribution in [0.25, 0.3) is 11.4 Å². The Morgan fingerprint density at radius 3 is 2.40 bits per heavy atom. The van der Waals surface area contributed by atoms with E-state index in [1.807, 2.05) is 60.0 Å². The van der Waals surface area contributed by atoms with Crippen LogP contribution in [0.4, 0.5) is 4.39 Å². The van der Waals surface area contributed by atoms with Gasteiger partial charge in [-0.25, -0.2) is 9.37 Å². The fourth-order valence-electron chi connectivity index (χ4n) is 4.67. The maximum atomic E-state index is 13.7. The van der Waals surface area contributed by atoms with E-state index in [2.05, 4.69) is 4.98 Å². The highest BCUT2D eigenvalue weighted by Gasteiger charge is 2.46. The van der Waals surface area contributed by atoms with Gasteiger partial charge < -0.3 is 14.4 Å². The Balaban J connectivity index is 1.64. The molecule has 6 nitrogen and oxygen atoms in total. The van der Waals surface area contributed by atoms with Gasteiger partial charge in [0.15, 0.2) is 5.76 Å². The number of ketones is 1. The average Bonchev–Trinajstić information content (AvgIpc) is 3.33. The van der Waals surface area contributed by atoms with Crippen molar-refractivity contribution in [3.05, 3.63) is 112 Å². The lowest BCUT2D eigenvalue weighted by atomic mass is 9.96. The number of imidazole rings is 1. The molecule has 0 bridgehead atoms. The fraction of sp³-hybridized carbons (Fsp3) is 0.179. The van der Waals surface area contributed by atoms with Crippen LogP contribution >= 0.6 is 0 Å². The summed E-state index contributed by atoms with van der Waals surface area (Å²) in [4.78, 5) is 32.5. The number of aliphatic hydroxyl groups excluding tert-OH is 1. The van der Waals surface area contributed by atoms with E-state index < -0.39 is 23.5 Å². The number of fused-ring (bicyclic) bond motifs is 1. The highest BCUT2D eigenvalue weighted by atomic mass is 19.1. The second-order valence-electron chi connectivity index (χ2n) is 8.71. The molecule has 35 heavy (non-hydrogen) atoms. The number of rotatable bonds is 5. The normalized spacial score (nSPS) is 17.5. The van der Waals surface area contributed by atoms with E-state index in [0.29, 0.717) is 23.3 Å². The second-order valence-corrected chi connectivity index (χ2v) is 8.71. The van der Waals surface area contributed by atoms with Crippen LogP contribution in [-0.4, -0.2) is 37.6 Å². The molecule has 1 aliphatic rings. The Kier molecular flexibility index (Phi) is 5.68. The Morgan fingerprint density at radius 1 is 1.00 bits per heavy atom. The first-order valence-electron chi connectivity index (χ1n) is 11.4. The summed E-state index contributed by atoms with van der Waals surface area (Å²) in [5.74, 6) is -2.24. The number of aromatic nitrogens is 2. The number of halogens is 1. The standard InChI is InChI=1S/C28H24FN3O3/c1-17-7-6-15-31-18(2)23(30-27(17)31)25(33)22-24(20-10-12-21(29)13-11-20)32(28(35)26(22)34)16-14-19-8-4-3-5-9-19/h3-13,15,24,33H,14,16H2,1-2H3. The van der Waals surface area contributed by atoms with Gasteiger partial charge in [0.05, 0.1) is 17.3 Å². The highest BCUT2D eigenvalue weighted by Crippen LogP contribution is 2.40. The summed E-state index contributed by atoms with van der Waals surface area (Å²) in [5.41, 5.74) is 3.97. The molecule has 2 aromatic heterocycles. The van der Waals surface area contributed by atoms with Crippen molar-refractivity contribution in [1.82, 2.24) is 14.3 Å². The van der Waals surface area contributed by atoms with Gasteiger partial charge in [0.25, 0.3) is 11.7 Å². The third kappa shape index (κ3) is 3.89. The number of hydrogen-bond donors (Lipinski definition) is 1. The van der Waals surface area contributed by atoms with Crippen LogP contribution in [0.1, 0.15) is 34.1 Å². The van der Waals surface area contributed by atoms with Gasteiger partial charge in [0, 0.05) is 12.7 Å². The predicted octanol–water partition coefficient (Wildman–Crippen LogP) is 4.75. The van der Waals surface area contributed by atoms with Crippen molar-refractivity contribution >= 4 is 23.1 Å². The Labute approximate surface area is 202 Å². The lowest BCUT2D eigenvalue weighted by Gasteiger charge is -2.25. The number of carbonyl (C=O) groups is 2. The quantitative estimate of drug-likeness (QED) is 0.260. The first-order valence-corrected chi connectivity index (χ1v) is 11.4. The molecule has 1 unspecified atom stereocenters. The van der Waals surface area contributed by atoms with Crippen molar-refractivity contribution in [3.8, 4) is 0 Å². The number of amides is 1. The minimum absolute atomic E-state index is 0.0428. The van der Waals surface area contributed by atoms with Crippen molar-refractivity contribution in [3.63, 3.8) is 0 Å². The number of nitrogens with zero attached hydrogens (tertiary/aromatic N) is 3. The molecule has 5 rings (SSSR count). The first-order chi connectivity index (χ1) is 16.9. The van der Waals surface area contributed by atoms with Gasteiger partial charge in [-0.1, -0.05) is 48.5 Å². The summed E-state index contributed by atoms with van der Waals surface area (Å²) in [5, 5.41) is 11.4. The zero-order chi connectivity index (χ0) is 24.7. The minimum atomic E-state index is -0.857. The lowest BCUT2D eigenvalue weighted by Crippen LogP contribution is -2.31. The number of Topliss-reactive ketones (excluding diaryl/α,β-unsaturated/α-hetero) is 1. The van der Waals surface area contributed by atoms with E-state index in [9.17, 15) is 19.1 Å². The van der Waals surface area contributed by atoms with E-state index in [-0.39, 0.29) is 23.6 Å². The van der Waals surface area contributed by atoms with E-state index in [1.54, 1.807) is 6.92 Å². The van der Waals surface area contributed by atoms with Crippen LogP contribution < -0.4 is 0 Å². The maximum Gasteiger partial charge on any atom is 0.295 e. The number of benzene rings is 2. The highest BCUT2D eigenvalue weighted by molar-refractivity contribution is 6.46. The molecule has 0 spiro atoms. The molecule has 176 valence electrons. The van der Waals surface area contributed by atoms with Gasteiger partial charge in [0.2, 0.25) is 0 Å². The zero-order valence-electron chi connectivity index (χ0n) is 19.4. The van der Waals surface area contributed by atoms with Crippen molar-refractivity contribution in [2.24, 2.45) is 0 Å². The van der Waals surface area contributed by atoms with Gasteiger partial charge >= 0.3 is 0 Å². The Hall–Kier alpha value is -4.26. The molecule has 0 radical (unpaired) electrons. The van der Waals surface area contributed by atoms with Gasteiger partial charge in [-0.05, 0) is 55.2 Å². The van der Waals surface area contributed by atoms with Crippen LogP contribution in [0.5, 0.6) is 0 Å². The molecule has 1 aliphatic heterocycles. The van der Waals surface area contributed by atoms with Crippen molar-refractivity contribution < 1.29 is 19.1 Å². The molecule has 1 saturated heterocycles. The number of likely N-dealkylation sites (tertiary alicyclic amines) is 1. The summed E-state index contributed by atoms with van der Waals surface area (Å²) in [6.07, 6.45) is 2.36. The third-order valence-electron chi connectivity index (χ3n) is 6.52. The molecule has 0 saturated carbocycles. The monoisotopic (exact) mass is 469 g/mol. The predicted molar refractivity (Wildman–Crippen MR) is 130 cm³/mol. The third-order valence-corrected chi connectivity index (χ3v) is 6.52. The number of hydrogen-bond acceptors (Lipinski definition) is 4. The molecule has 1 fully saturated rings. The van der Waals surface area contributed by atoms with Crippen LogP contribution in [0, 0.1) is 19.7 Å². The summed E-state index contributed by atoms with van der Waals surface area (Å²) < 4.78 is 15.5. The molecule has 0 aliphatic carbocycles. The summed E-state index contributed by atoms with van der Waals surface area (Å²) in [6.45, 7) is 3.97. The Bertz CT molecular complexity index is 1470. The van der Waals surface area contributed by atoms with Gasteiger partial charge in [-0.3, -0.25) is 9.59 Å². The van der Waals surface area contributed by atoms with Crippen LogP contribution in [0.2, 0.25) is 0 Å². The summed E-state index contributed by atoms with van der Waals surface area (Å²) in [6, 6.07) is 18.2. The Morgan fingerprint density at radius 2 is 1.71 bits per heavy atom. The van der Waals surface area contributed by atoms with Crippen molar-refractivity contribution in [2.45, 2.75) is 26.3 Å². The molecule has 1 atom stereocenters. The summed E-state index contributed by atoms with van der Waals surface area (Å²) in [7, 11) is 0. The molecular weight excluding hydrogens is 445 g/mol. The molecule has 3 heterocycles. The van der Waals surface area contributed by atoms with Gasteiger partial charge in [0.1, 0.15) is 17.2 Å². The number of aryl methyl sites for hydroxylation is 2. The van der Waals surface area contributed by atoms with Crippen molar-refractivity contribution in [1.29, 1.82) is 0 Å². The average molecular weight is 470 g/mol. The number of carbonyl (C=O) groups excluding carboxylic acids is 2. The topological polar surface area (TPSA) is 74.9 Å². The van der Waals surface area contributed by atoms with E-state index in [4.69, 9.17) is 0 Å². The molecular formula is C28H24FN3O3. The molecule has 1 N–H and O–H groups in total. The largest absolute Gasteiger partial charge is 0.505 e. The SMILES string of the molecule is Cc1cccn2c(C)c(C(O)=C3C(=O)C(=O)N(CCc4ccccc4)C3c3ccc(F)cc3)nc12. The van der Waals surface area contributed by atoms with E-state index >= 15 is 0 Å². The van der Waals surface area contributed by atoms with Crippen LogP contribution in [0.3, 0.4) is 0 Å². The van der Waals surface area contributed by atoms with Crippen molar-refractivity contribution in [2.75, 3.05) is 6.54 Å². The van der Waals surface area contributed by atoms with Gasteiger partial charge in [-0.2, -0.15) is 0 Å². The zero-order valence-corrected chi connectivity index (χ0v) is 19.4. The maximum absolute atomic E-state index is 13.7.